The van der Waals surface area contributed by atoms with Gasteiger partial charge in [0.1, 0.15) is 5.82 Å². The van der Waals surface area contributed by atoms with Crippen LogP contribution in [-0.4, -0.2) is 17.3 Å². The van der Waals surface area contributed by atoms with E-state index in [0.29, 0.717) is 0 Å². The van der Waals surface area contributed by atoms with Crippen LogP contribution in [0.1, 0.15) is 5.69 Å². The zero-order chi connectivity index (χ0) is 11.9. The second-order valence-corrected chi connectivity index (χ2v) is 4.92. The van der Waals surface area contributed by atoms with E-state index in [-0.39, 0.29) is 0 Å². The zero-order valence-electron chi connectivity index (χ0n) is 9.89. The fraction of sp³-hybridized carbons (Fsp3) is 0.214. The molecular formula is C14H16N2S. The van der Waals surface area contributed by atoms with E-state index in [4.69, 9.17) is 0 Å². The smallest absolute Gasteiger partial charge is 0.126 e. The van der Waals surface area contributed by atoms with Gasteiger partial charge in [0.05, 0.1) is 0 Å². The number of thioether (sulfide) groups is 1. The molecule has 0 radical (unpaired) electrons. The molecule has 2 rings (SSSR count). The van der Waals surface area contributed by atoms with E-state index < -0.39 is 0 Å². The van der Waals surface area contributed by atoms with Crippen molar-refractivity contribution in [1.82, 2.24) is 4.98 Å². The van der Waals surface area contributed by atoms with Crippen molar-refractivity contribution in [1.29, 1.82) is 0 Å². The van der Waals surface area contributed by atoms with E-state index in [0.717, 1.165) is 23.8 Å². The predicted octanol–water partition coefficient (Wildman–Crippen LogP) is 3.59. The summed E-state index contributed by atoms with van der Waals surface area (Å²) in [5.74, 6) is 2.00. The lowest BCUT2D eigenvalue weighted by molar-refractivity contribution is 1.13. The number of hydrogen-bond acceptors (Lipinski definition) is 3. The van der Waals surface area contributed by atoms with E-state index in [1.54, 1.807) is 0 Å². The summed E-state index contributed by atoms with van der Waals surface area (Å²) in [4.78, 5) is 5.71. The van der Waals surface area contributed by atoms with Crippen LogP contribution in [0.5, 0.6) is 0 Å². The van der Waals surface area contributed by atoms with Gasteiger partial charge in [-0.1, -0.05) is 24.3 Å². The second kappa shape index (κ2) is 6.30. The average molecular weight is 244 g/mol. The number of aromatic nitrogens is 1. The number of pyridine rings is 1. The monoisotopic (exact) mass is 244 g/mol. The van der Waals surface area contributed by atoms with Crippen molar-refractivity contribution in [2.24, 2.45) is 0 Å². The van der Waals surface area contributed by atoms with Crippen molar-refractivity contribution >= 4 is 17.6 Å². The third kappa shape index (κ3) is 4.11. The van der Waals surface area contributed by atoms with Crippen LogP contribution in [0.4, 0.5) is 5.82 Å². The molecule has 0 atom stereocenters. The van der Waals surface area contributed by atoms with Crippen molar-refractivity contribution in [2.45, 2.75) is 11.8 Å². The number of anilines is 1. The first kappa shape index (κ1) is 12.0. The van der Waals surface area contributed by atoms with Crippen molar-refractivity contribution in [3.8, 4) is 0 Å². The summed E-state index contributed by atoms with van der Waals surface area (Å²) in [7, 11) is 0. The van der Waals surface area contributed by atoms with Crippen LogP contribution < -0.4 is 5.32 Å². The molecule has 17 heavy (non-hydrogen) atoms. The van der Waals surface area contributed by atoms with Gasteiger partial charge < -0.3 is 5.32 Å². The van der Waals surface area contributed by atoms with E-state index in [9.17, 15) is 0 Å². The maximum absolute atomic E-state index is 4.40. The summed E-state index contributed by atoms with van der Waals surface area (Å²) >= 11 is 1.85. The maximum Gasteiger partial charge on any atom is 0.126 e. The fourth-order valence-corrected chi connectivity index (χ4v) is 2.30. The average Bonchev–Trinajstić information content (AvgIpc) is 2.36. The van der Waals surface area contributed by atoms with Crippen LogP contribution >= 0.6 is 11.8 Å². The minimum absolute atomic E-state index is 0.927. The molecule has 1 aromatic heterocycles. The van der Waals surface area contributed by atoms with Gasteiger partial charge in [-0.2, -0.15) is 0 Å². The summed E-state index contributed by atoms with van der Waals surface area (Å²) in [6, 6.07) is 16.5. The molecule has 2 nitrogen and oxygen atoms in total. The topological polar surface area (TPSA) is 24.9 Å². The Bertz CT molecular complexity index is 457. The first-order valence-corrected chi connectivity index (χ1v) is 6.68. The molecular weight excluding hydrogens is 228 g/mol. The third-order valence-electron chi connectivity index (χ3n) is 2.31. The Morgan fingerprint density at radius 1 is 1.06 bits per heavy atom. The minimum Gasteiger partial charge on any atom is -0.369 e. The number of aryl methyl sites for hydroxylation is 1. The summed E-state index contributed by atoms with van der Waals surface area (Å²) < 4.78 is 0. The normalized spacial score (nSPS) is 10.2. The van der Waals surface area contributed by atoms with Crippen molar-refractivity contribution in [2.75, 3.05) is 17.6 Å². The lowest BCUT2D eigenvalue weighted by atomic mass is 10.4. The number of nitrogens with one attached hydrogen (secondary N) is 1. The predicted molar refractivity (Wildman–Crippen MR) is 74.6 cm³/mol. The van der Waals surface area contributed by atoms with Gasteiger partial charge in [-0.05, 0) is 31.2 Å². The molecule has 1 N–H and O–H groups in total. The first-order chi connectivity index (χ1) is 8.34. The summed E-state index contributed by atoms with van der Waals surface area (Å²) in [6.45, 7) is 2.93. The van der Waals surface area contributed by atoms with Crippen LogP contribution in [0, 0.1) is 6.92 Å². The maximum atomic E-state index is 4.40. The van der Waals surface area contributed by atoms with Crippen LogP contribution in [0.15, 0.2) is 53.4 Å². The summed E-state index contributed by atoms with van der Waals surface area (Å²) in [5.41, 5.74) is 1.05. The number of benzene rings is 1. The standard InChI is InChI=1S/C14H16N2S/c1-12-6-5-9-14(16-12)15-10-11-17-13-7-3-2-4-8-13/h2-9H,10-11H2,1H3,(H,15,16). The lowest BCUT2D eigenvalue weighted by Gasteiger charge is -2.05. The first-order valence-electron chi connectivity index (χ1n) is 5.70. The lowest BCUT2D eigenvalue weighted by Crippen LogP contribution is -2.05. The quantitative estimate of drug-likeness (QED) is 0.642. The van der Waals surface area contributed by atoms with E-state index in [1.807, 2.05) is 43.0 Å². The van der Waals surface area contributed by atoms with E-state index in [1.165, 1.54) is 4.90 Å². The van der Waals surface area contributed by atoms with Crippen molar-refractivity contribution < 1.29 is 0 Å². The van der Waals surface area contributed by atoms with Crippen molar-refractivity contribution in [3.63, 3.8) is 0 Å². The van der Waals surface area contributed by atoms with Crippen LogP contribution in [0.2, 0.25) is 0 Å². The minimum atomic E-state index is 0.927. The van der Waals surface area contributed by atoms with Gasteiger partial charge in [0.15, 0.2) is 0 Å². The van der Waals surface area contributed by atoms with E-state index >= 15 is 0 Å². The van der Waals surface area contributed by atoms with Gasteiger partial charge in [0.2, 0.25) is 0 Å². The highest BCUT2D eigenvalue weighted by Gasteiger charge is 1.95. The Labute approximate surface area is 106 Å². The molecule has 1 heterocycles. The van der Waals surface area contributed by atoms with Gasteiger partial charge in [0, 0.05) is 22.9 Å². The SMILES string of the molecule is Cc1cccc(NCCSc2ccccc2)n1. The number of hydrogen-bond donors (Lipinski definition) is 1. The molecule has 0 saturated heterocycles. The second-order valence-electron chi connectivity index (χ2n) is 3.75. The molecule has 88 valence electrons. The molecule has 0 spiro atoms. The molecule has 0 bridgehead atoms. The molecule has 2 aromatic rings. The molecule has 3 heteroatoms. The van der Waals surface area contributed by atoms with Gasteiger partial charge >= 0.3 is 0 Å². The number of nitrogens with zero attached hydrogens (tertiary/aromatic N) is 1. The Hall–Kier alpha value is -1.48. The molecule has 0 aliphatic carbocycles. The molecule has 0 aliphatic heterocycles. The molecule has 0 unspecified atom stereocenters. The highest BCUT2D eigenvalue weighted by atomic mass is 32.2. The van der Waals surface area contributed by atoms with Gasteiger partial charge in [-0.25, -0.2) is 4.98 Å². The van der Waals surface area contributed by atoms with Crippen molar-refractivity contribution in [3.05, 3.63) is 54.2 Å². The summed E-state index contributed by atoms with van der Waals surface area (Å²) in [5, 5.41) is 3.32. The van der Waals surface area contributed by atoms with Gasteiger partial charge in [-0.15, -0.1) is 11.8 Å². The Kier molecular flexibility index (Phi) is 4.45. The molecule has 0 aliphatic rings. The van der Waals surface area contributed by atoms with Crippen LogP contribution in [-0.2, 0) is 0 Å². The Balaban J connectivity index is 1.73. The highest BCUT2D eigenvalue weighted by Crippen LogP contribution is 2.16. The number of rotatable bonds is 5. The molecule has 0 fully saturated rings. The molecule has 0 saturated carbocycles. The Morgan fingerprint density at radius 2 is 1.88 bits per heavy atom. The molecule has 1 aromatic carbocycles. The zero-order valence-corrected chi connectivity index (χ0v) is 10.7. The van der Waals surface area contributed by atoms with Gasteiger partial charge in [0.25, 0.3) is 0 Å². The Morgan fingerprint density at radius 3 is 2.65 bits per heavy atom. The highest BCUT2D eigenvalue weighted by molar-refractivity contribution is 7.99. The molecule has 0 amide bonds. The summed E-state index contributed by atoms with van der Waals surface area (Å²) in [6.07, 6.45) is 0. The van der Waals surface area contributed by atoms with Gasteiger partial charge in [-0.3, -0.25) is 0 Å². The fourth-order valence-electron chi connectivity index (χ4n) is 1.51. The van der Waals surface area contributed by atoms with Crippen LogP contribution in [0.25, 0.3) is 0 Å². The van der Waals surface area contributed by atoms with Crippen LogP contribution in [0.3, 0.4) is 0 Å². The van der Waals surface area contributed by atoms with E-state index in [2.05, 4.69) is 34.6 Å². The third-order valence-corrected chi connectivity index (χ3v) is 3.32. The largest absolute Gasteiger partial charge is 0.369 e.